The zero-order valence-electron chi connectivity index (χ0n) is 13.4. The number of allylic oxidation sites excluding steroid dienone is 1. The molecule has 0 unspecified atom stereocenters. The number of alkyl carbamates (subject to hydrolysis) is 1. The third-order valence-electron chi connectivity index (χ3n) is 3.12. The van der Waals surface area contributed by atoms with E-state index in [2.05, 4.69) is 26.8 Å². The second-order valence-corrected chi connectivity index (χ2v) is 6.12. The minimum Gasteiger partial charge on any atom is -0.453 e. The Hall–Kier alpha value is -2.61. The van der Waals surface area contributed by atoms with Crippen molar-refractivity contribution in [2.45, 2.75) is 23.9 Å². The first-order valence-corrected chi connectivity index (χ1v) is 8.09. The summed E-state index contributed by atoms with van der Waals surface area (Å²) in [5, 5.41) is 10.6. The molecule has 24 heavy (non-hydrogen) atoms. The Morgan fingerprint density at radius 1 is 1.38 bits per heavy atom. The van der Waals surface area contributed by atoms with E-state index in [1.165, 1.54) is 18.9 Å². The highest BCUT2D eigenvalue weighted by atomic mass is 32.2. The first-order chi connectivity index (χ1) is 11.6. The van der Waals surface area contributed by atoms with Gasteiger partial charge in [0.05, 0.1) is 12.4 Å². The van der Waals surface area contributed by atoms with Crippen LogP contribution in [0, 0.1) is 0 Å². The van der Waals surface area contributed by atoms with Crippen molar-refractivity contribution < 1.29 is 14.3 Å². The van der Waals surface area contributed by atoms with Crippen molar-refractivity contribution >= 4 is 23.8 Å². The molecule has 0 saturated heterocycles. The fourth-order valence-electron chi connectivity index (χ4n) is 1.94. The summed E-state index contributed by atoms with van der Waals surface area (Å²) < 4.78 is 6.29. The number of imide groups is 1. The standard InChI is InChI=1S/C16H18N4O3S/c1-4-10-20-13(12-8-6-5-7-9-12)18-19-15(20)24-11(2)14(21)17-16(22)23-3/h4-9,11H,1,10H2,2-3H3,(H,17,21,22)/t11-/m1/s1. The molecule has 1 atom stereocenters. The van der Waals surface area contributed by atoms with Gasteiger partial charge in [-0.05, 0) is 6.92 Å². The smallest absolute Gasteiger partial charge is 0.413 e. The number of nitrogens with one attached hydrogen (secondary N) is 1. The molecule has 0 aliphatic carbocycles. The molecule has 0 radical (unpaired) electrons. The fourth-order valence-corrected chi connectivity index (χ4v) is 2.79. The van der Waals surface area contributed by atoms with Crippen LogP contribution in [-0.4, -0.2) is 39.1 Å². The van der Waals surface area contributed by atoms with Crippen molar-refractivity contribution in [2.24, 2.45) is 0 Å². The van der Waals surface area contributed by atoms with Crippen molar-refractivity contribution in [2.75, 3.05) is 7.11 Å². The summed E-state index contributed by atoms with van der Waals surface area (Å²) in [6.45, 7) is 5.93. The van der Waals surface area contributed by atoms with E-state index in [4.69, 9.17) is 0 Å². The molecule has 0 aliphatic rings. The second-order valence-electron chi connectivity index (χ2n) is 4.81. The number of thioether (sulfide) groups is 1. The summed E-state index contributed by atoms with van der Waals surface area (Å²) in [6.07, 6.45) is 0.948. The quantitative estimate of drug-likeness (QED) is 0.639. The number of carbonyl (C=O) groups is 2. The Bertz CT molecular complexity index is 730. The highest BCUT2D eigenvalue weighted by Gasteiger charge is 2.21. The first-order valence-electron chi connectivity index (χ1n) is 7.21. The van der Waals surface area contributed by atoms with Gasteiger partial charge in [-0.3, -0.25) is 14.7 Å². The van der Waals surface area contributed by atoms with Crippen LogP contribution in [0.3, 0.4) is 0 Å². The van der Waals surface area contributed by atoms with Crippen molar-refractivity contribution in [3.63, 3.8) is 0 Å². The van der Waals surface area contributed by atoms with Crippen LogP contribution in [0.5, 0.6) is 0 Å². The van der Waals surface area contributed by atoms with E-state index in [0.29, 0.717) is 17.5 Å². The number of amides is 2. The molecule has 1 heterocycles. The van der Waals surface area contributed by atoms with Gasteiger partial charge in [-0.1, -0.05) is 48.2 Å². The summed E-state index contributed by atoms with van der Waals surface area (Å²) >= 11 is 1.21. The van der Waals surface area contributed by atoms with E-state index in [0.717, 1.165) is 5.56 Å². The first kappa shape index (κ1) is 17.7. The third-order valence-corrected chi connectivity index (χ3v) is 4.20. The summed E-state index contributed by atoms with van der Waals surface area (Å²) in [6, 6.07) is 9.63. The topological polar surface area (TPSA) is 86.1 Å². The van der Waals surface area contributed by atoms with Gasteiger partial charge in [0, 0.05) is 12.1 Å². The number of nitrogens with zero attached hydrogens (tertiary/aromatic N) is 3. The number of carbonyl (C=O) groups excluding carboxylic acids is 2. The zero-order valence-corrected chi connectivity index (χ0v) is 14.2. The van der Waals surface area contributed by atoms with Gasteiger partial charge in [0.1, 0.15) is 0 Å². The van der Waals surface area contributed by atoms with Crippen molar-refractivity contribution in [3.05, 3.63) is 43.0 Å². The normalized spacial score (nSPS) is 11.6. The molecule has 1 aromatic carbocycles. The molecule has 126 valence electrons. The second kappa shape index (κ2) is 8.30. The van der Waals surface area contributed by atoms with Crippen LogP contribution in [0.1, 0.15) is 6.92 Å². The Morgan fingerprint density at radius 2 is 2.08 bits per heavy atom. The molecule has 1 aromatic heterocycles. The Morgan fingerprint density at radius 3 is 2.71 bits per heavy atom. The van der Waals surface area contributed by atoms with Gasteiger partial charge in [-0.2, -0.15) is 0 Å². The lowest BCUT2D eigenvalue weighted by atomic mass is 10.2. The van der Waals surface area contributed by atoms with Crippen LogP contribution in [-0.2, 0) is 16.1 Å². The summed E-state index contributed by atoms with van der Waals surface area (Å²) in [5.74, 6) is 0.236. The van der Waals surface area contributed by atoms with E-state index >= 15 is 0 Å². The third kappa shape index (κ3) is 4.23. The van der Waals surface area contributed by atoms with Gasteiger partial charge in [-0.15, -0.1) is 16.8 Å². The maximum absolute atomic E-state index is 12.0. The molecule has 2 amide bonds. The van der Waals surface area contributed by atoms with Gasteiger partial charge >= 0.3 is 6.09 Å². The molecule has 0 fully saturated rings. The van der Waals surface area contributed by atoms with Crippen LogP contribution >= 0.6 is 11.8 Å². The van der Waals surface area contributed by atoms with Gasteiger partial charge < -0.3 is 4.74 Å². The van der Waals surface area contributed by atoms with Crippen LogP contribution in [0.15, 0.2) is 48.1 Å². The monoisotopic (exact) mass is 346 g/mol. The largest absolute Gasteiger partial charge is 0.453 e. The van der Waals surface area contributed by atoms with E-state index in [1.54, 1.807) is 13.0 Å². The van der Waals surface area contributed by atoms with Crippen LogP contribution < -0.4 is 5.32 Å². The zero-order chi connectivity index (χ0) is 17.5. The van der Waals surface area contributed by atoms with Crippen molar-refractivity contribution in [3.8, 4) is 11.4 Å². The Balaban J connectivity index is 2.21. The van der Waals surface area contributed by atoms with Crippen LogP contribution in [0.4, 0.5) is 4.79 Å². The predicted molar refractivity (Wildman–Crippen MR) is 91.5 cm³/mol. The highest BCUT2D eigenvalue weighted by Crippen LogP contribution is 2.26. The number of hydrogen-bond acceptors (Lipinski definition) is 6. The van der Waals surface area contributed by atoms with E-state index < -0.39 is 17.3 Å². The Kier molecular flexibility index (Phi) is 6.14. The summed E-state index contributed by atoms with van der Waals surface area (Å²) in [7, 11) is 1.20. The number of methoxy groups -OCH3 is 1. The minimum atomic E-state index is -0.787. The molecule has 1 N–H and O–H groups in total. The molecule has 0 saturated carbocycles. The number of benzene rings is 1. The molecular weight excluding hydrogens is 328 g/mol. The average Bonchev–Trinajstić information content (AvgIpc) is 2.98. The molecule has 7 nitrogen and oxygen atoms in total. The Labute approximate surface area is 144 Å². The molecule has 8 heteroatoms. The van der Waals surface area contributed by atoms with Crippen molar-refractivity contribution in [1.82, 2.24) is 20.1 Å². The van der Waals surface area contributed by atoms with Gasteiger partial charge in [0.2, 0.25) is 5.91 Å². The molecule has 2 aromatic rings. The van der Waals surface area contributed by atoms with Gasteiger partial charge in [-0.25, -0.2) is 4.79 Å². The molecule has 0 aliphatic heterocycles. The van der Waals surface area contributed by atoms with Gasteiger partial charge in [0.15, 0.2) is 11.0 Å². The fraction of sp³-hybridized carbons (Fsp3) is 0.250. The lowest BCUT2D eigenvalue weighted by Crippen LogP contribution is -2.36. The maximum atomic E-state index is 12.0. The summed E-state index contributed by atoms with van der Waals surface area (Å²) in [4.78, 5) is 23.1. The highest BCUT2D eigenvalue weighted by molar-refractivity contribution is 8.00. The van der Waals surface area contributed by atoms with Crippen molar-refractivity contribution in [1.29, 1.82) is 0 Å². The number of aromatic nitrogens is 3. The minimum absolute atomic E-state index is 0.457. The molecular formula is C16H18N4O3S. The number of ether oxygens (including phenoxy) is 1. The van der Waals surface area contributed by atoms with Gasteiger partial charge in [0.25, 0.3) is 0 Å². The predicted octanol–water partition coefficient (Wildman–Crippen LogP) is 2.49. The molecule has 0 bridgehead atoms. The average molecular weight is 346 g/mol. The van der Waals surface area contributed by atoms with E-state index in [-0.39, 0.29) is 0 Å². The lowest BCUT2D eigenvalue weighted by molar-refractivity contribution is -0.119. The number of hydrogen-bond donors (Lipinski definition) is 1. The molecule has 2 rings (SSSR count). The van der Waals surface area contributed by atoms with Crippen LogP contribution in [0.2, 0.25) is 0 Å². The maximum Gasteiger partial charge on any atom is 0.413 e. The van der Waals surface area contributed by atoms with Crippen LogP contribution in [0.25, 0.3) is 11.4 Å². The summed E-state index contributed by atoms with van der Waals surface area (Å²) in [5.41, 5.74) is 0.922. The molecule has 0 spiro atoms. The lowest BCUT2D eigenvalue weighted by Gasteiger charge is -2.11. The number of rotatable bonds is 6. The van der Waals surface area contributed by atoms with E-state index in [9.17, 15) is 9.59 Å². The SMILES string of the molecule is C=CCn1c(S[C@H](C)C(=O)NC(=O)OC)nnc1-c1ccccc1. The van der Waals surface area contributed by atoms with E-state index in [1.807, 2.05) is 34.9 Å².